The average Bonchev–Trinajstić information content (AvgIpc) is 3.61. The number of nitrogens with zero attached hydrogens (tertiary/aromatic N) is 1. The maximum atomic E-state index is 9.13. The van der Waals surface area contributed by atoms with Crippen LogP contribution in [0.1, 0.15) is 77.0 Å². The molecule has 0 amide bonds. The fourth-order valence-electron chi connectivity index (χ4n) is 4.53. The normalized spacial score (nSPS) is 18.2. The van der Waals surface area contributed by atoms with E-state index in [2.05, 4.69) is 36.4 Å². The maximum absolute atomic E-state index is 9.13. The summed E-state index contributed by atoms with van der Waals surface area (Å²) >= 11 is 0. The van der Waals surface area contributed by atoms with E-state index in [0.29, 0.717) is 5.41 Å². The van der Waals surface area contributed by atoms with Crippen LogP contribution in [0.4, 0.5) is 0 Å². The summed E-state index contributed by atoms with van der Waals surface area (Å²) < 4.78 is 0. The third-order valence-electron chi connectivity index (χ3n) is 7.08. The minimum Gasteiger partial charge on any atom is -0.508 e. The van der Waals surface area contributed by atoms with Crippen molar-refractivity contribution in [3.8, 4) is 0 Å². The number of aryl methyl sites for hydroxylation is 2. The van der Waals surface area contributed by atoms with Crippen molar-refractivity contribution in [1.29, 1.82) is 0 Å². The van der Waals surface area contributed by atoms with E-state index >= 15 is 0 Å². The van der Waals surface area contributed by atoms with Crippen molar-refractivity contribution < 1.29 is 5.11 Å². The first-order chi connectivity index (χ1) is 17.5. The van der Waals surface area contributed by atoms with Crippen LogP contribution in [0.3, 0.4) is 0 Å². The monoisotopic (exact) mass is 508 g/mol. The average molecular weight is 509 g/mol. The van der Waals surface area contributed by atoms with Gasteiger partial charge >= 0.3 is 0 Å². The van der Waals surface area contributed by atoms with Gasteiger partial charge in [-0.2, -0.15) is 0 Å². The Bertz CT molecular complexity index is 973. The van der Waals surface area contributed by atoms with Crippen LogP contribution in [-0.4, -0.2) is 35.2 Å². The molecular formula is C32H52N4O. The molecule has 1 aliphatic heterocycles. The van der Waals surface area contributed by atoms with Gasteiger partial charge in [0.15, 0.2) is 0 Å². The van der Waals surface area contributed by atoms with Gasteiger partial charge < -0.3 is 26.8 Å². The van der Waals surface area contributed by atoms with Crippen LogP contribution in [0.2, 0.25) is 0 Å². The summed E-state index contributed by atoms with van der Waals surface area (Å²) in [6.07, 6.45) is 13.4. The van der Waals surface area contributed by atoms with Gasteiger partial charge in [0.1, 0.15) is 11.6 Å². The van der Waals surface area contributed by atoms with E-state index in [1.165, 1.54) is 25.7 Å². The zero-order valence-electron chi connectivity index (χ0n) is 24.4. The van der Waals surface area contributed by atoms with Crippen LogP contribution in [0, 0.1) is 19.3 Å². The second-order valence-corrected chi connectivity index (χ2v) is 10.2. The molecule has 5 nitrogen and oxygen atoms in total. The summed E-state index contributed by atoms with van der Waals surface area (Å²) in [5.74, 6) is 0.959. The van der Waals surface area contributed by atoms with Gasteiger partial charge in [0.05, 0.1) is 0 Å². The van der Waals surface area contributed by atoms with Crippen LogP contribution in [0.25, 0.3) is 5.76 Å². The van der Waals surface area contributed by atoms with Gasteiger partial charge in [0.25, 0.3) is 0 Å². The summed E-state index contributed by atoms with van der Waals surface area (Å²) in [5, 5.41) is 12.5. The third-order valence-corrected chi connectivity index (χ3v) is 7.08. The molecule has 2 atom stereocenters. The number of nitrogens with two attached hydrogens (primary N) is 2. The van der Waals surface area contributed by atoms with E-state index in [0.717, 1.165) is 46.9 Å². The van der Waals surface area contributed by atoms with Crippen molar-refractivity contribution in [2.24, 2.45) is 16.9 Å². The third kappa shape index (κ3) is 10.5. The number of allylic oxidation sites excluding steroid dienone is 4. The molecule has 1 aromatic carbocycles. The second kappa shape index (κ2) is 15.4. The molecule has 1 saturated carbocycles. The lowest BCUT2D eigenvalue weighted by atomic mass is 9.94. The SMILES string of the molecule is C=C(/C=C(\N)N1CCC2(CC1)CC2)NC(C)/C(=C\C=C/C)C(C)N.C=C(O)c1cc(C)ccc1C.CC. The van der Waals surface area contributed by atoms with Gasteiger partial charge in [-0.25, -0.2) is 0 Å². The summed E-state index contributed by atoms with van der Waals surface area (Å²) in [5.41, 5.74) is 18.1. The van der Waals surface area contributed by atoms with Crippen LogP contribution in [-0.2, 0) is 0 Å². The standard InChI is InChI=1S/C20H34N4.C10H12O.C2H6/c1-5-6-7-18(16(3)21)17(4)23-15(2)14-19(22)24-12-10-20(8-9-20)11-13-24;1-7-4-5-8(2)10(6-7)9(3)11;1-2/h5-7,14,16-17,23H,2,8-13,21-22H2,1,3-4H3;4-6,11H,3H2,1-2H3;1-2H3/b6-5-,18-7-,19-14+;;. The first-order valence-electron chi connectivity index (χ1n) is 13.7. The topological polar surface area (TPSA) is 87.5 Å². The van der Waals surface area contributed by atoms with Crippen LogP contribution < -0.4 is 16.8 Å². The molecule has 1 aromatic rings. The van der Waals surface area contributed by atoms with E-state index in [9.17, 15) is 0 Å². The number of hydrogen-bond acceptors (Lipinski definition) is 5. The van der Waals surface area contributed by atoms with Gasteiger partial charge in [0, 0.05) is 42.5 Å². The zero-order valence-corrected chi connectivity index (χ0v) is 24.4. The summed E-state index contributed by atoms with van der Waals surface area (Å²) in [6.45, 7) is 23.8. The van der Waals surface area contributed by atoms with Gasteiger partial charge in [-0.3, -0.25) is 0 Å². The van der Waals surface area contributed by atoms with Gasteiger partial charge in [-0.15, -0.1) is 0 Å². The first-order valence-corrected chi connectivity index (χ1v) is 13.7. The first kappa shape index (κ1) is 32.1. The number of aliphatic hydroxyl groups is 1. The Morgan fingerprint density at radius 1 is 1.11 bits per heavy atom. The predicted molar refractivity (Wildman–Crippen MR) is 162 cm³/mol. The maximum Gasteiger partial charge on any atom is 0.115 e. The molecule has 5 heteroatoms. The van der Waals surface area contributed by atoms with Crippen LogP contribution in [0.15, 0.2) is 72.8 Å². The van der Waals surface area contributed by atoms with Gasteiger partial charge in [-0.05, 0) is 82.9 Å². The predicted octanol–water partition coefficient (Wildman–Crippen LogP) is 6.86. The number of hydrogen-bond donors (Lipinski definition) is 4. The fourth-order valence-corrected chi connectivity index (χ4v) is 4.53. The lowest BCUT2D eigenvalue weighted by Crippen LogP contribution is -2.38. The van der Waals surface area contributed by atoms with E-state index < -0.39 is 0 Å². The molecule has 1 spiro atoms. The molecular weight excluding hydrogens is 456 g/mol. The van der Waals surface area contributed by atoms with E-state index in [4.69, 9.17) is 16.6 Å². The van der Waals surface area contributed by atoms with E-state index in [1.807, 2.05) is 78.0 Å². The Morgan fingerprint density at radius 2 is 1.70 bits per heavy atom. The number of benzene rings is 1. The molecule has 3 rings (SSSR count). The number of rotatable bonds is 8. The van der Waals surface area contributed by atoms with Gasteiger partial charge in [0.2, 0.25) is 0 Å². The molecule has 2 aliphatic rings. The number of piperidine rings is 1. The molecule has 2 unspecified atom stereocenters. The van der Waals surface area contributed by atoms with Crippen molar-refractivity contribution in [3.05, 3.63) is 89.4 Å². The van der Waals surface area contributed by atoms with E-state index in [-0.39, 0.29) is 17.8 Å². The van der Waals surface area contributed by atoms with E-state index in [1.54, 1.807) is 0 Å². The quantitative estimate of drug-likeness (QED) is 0.227. The molecule has 0 radical (unpaired) electrons. The largest absolute Gasteiger partial charge is 0.508 e. The second-order valence-electron chi connectivity index (χ2n) is 10.2. The van der Waals surface area contributed by atoms with Crippen molar-refractivity contribution in [2.75, 3.05) is 13.1 Å². The highest BCUT2D eigenvalue weighted by Crippen LogP contribution is 2.53. The molecule has 0 aromatic heterocycles. The number of likely N-dealkylation sites (tertiary alicyclic amines) is 1. The van der Waals surface area contributed by atoms with Crippen molar-refractivity contribution in [3.63, 3.8) is 0 Å². The Kier molecular flexibility index (Phi) is 13.3. The molecule has 1 saturated heterocycles. The highest BCUT2D eigenvalue weighted by molar-refractivity contribution is 5.60. The summed E-state index contributed by atoms with van der Waals surface area (Å²) in [4.78, 5) is 2.28. The Hall–Kier alpha value is -2.92. The Balaban J connectivity index is 0.000000439. The van der Waals surface area contributed by atoms with Crippen LogP contribution >= 0.6 is 0 Å². The summed E-state index contributed by atoms with van der Waals surface area (Å²) in [7, 11) is 0. The minimum absolute atomic E-state index is 0.00495. The minimum atomic E-state index is -0.00495. The molecule has 2 fully saturated rings. The van der Waals surface area contributed by atoms with Gasteiger partial charge in [-0.1, -0.05) is 62.9 Å². The zero-order chi connectivity index (χ0) is 28.2. The lowest BCUT2D eigenvalue weighted by molar-refractivity contribution is 0.210. The highest BCUT2D eigenvalue weighted by atomic mass is 16.3. The smallest absolute Gasteiger partial charge is 0.115 e. The molecule has 37 heavy (non-hydrogen) atoms. The fraction of sp³-hybridized carbons (Fsp3) is 0.500. The molecule has 206 valence electrons. The van der Waals surface area contributed by atoms with Crippen LogP contribution in [0.5, 0.6) is 0 Å². The molecule has 6 N–H and O–H groups in total. The van der Waals surface area contributed by atoms with Crippen molar-refractivity contribution in [1.82, 2.24) is 10.2 Å². The molecule has 1 aliphatic carbocycles. The lowest BCUT2D eigenvalue weighted by Gasteiger charge is -2.34. The highest BCUT2D eigenvalue weighted by Gasteiger charge is 2.44. The Morgan fingerprint density at radius 3 is 2.16 bits per heavy atom. The molecule has 0 bridgehead atoms. The number of nitrogens with one attached hydrogen (secondary N) is 1. The molecule has 1 heterocycles. The van der Waals surface area contributed by atoms with Crippen molar-refractivity contribution >= 4 is 5.76 Å². The Labute approximate surface area is 226 Å². The summed E-state index contributed by atoms with van der Waals surface area (Å²) in [6, 6.07) is 6.04. The number of aliphatic hydroxyl groups excluding tert-OH is 1. The van der Waals surface area contributed by atoms with Crippen molar-refractivity contribution in [2.45, 2.75) is 86.2 Å².